The fourth-order valence-electron chi connectivity index (χ4n) is 2.71. The second kappa shape index (κ2) is 9.80. The van der Waals surface area contributed by atoms with Gasteiger partial charge in [-0.2, -0.15) is 0 Å². The van der Waals surface area contributed by atoms with Crippen LogP contribution < -0.4 is 5.32 Å². The van der Waals surface area contributed by atoms with Gasteiger partial charge in [0, 0.05) is 18.0 Å². The number of aromatic nitrogens is 1. The average Bonchev–Trinajstić information content (AvgIpc) is 3.09. The van der Waals surface area contributed by atoms with Crippen molar-refractivity contribution in [1.29, 1.82) is 0 Å². The number of anilines is 1. The first-order valence-corrected chi connectivity index (χ1v) is 10.1. The number of carbonyl (C=O) groups excluding carboxylic acids is 3. The Labute approximate surface area is 177 Å². The molecule has 30 heavy (non-hydrogen) atoms. The van der Waals surface area contributed by atoms with Gasteiger partial charge in [0.15, 0.2) is 0 Å². The van der Waals surface area contributed by atoms with Crippen LogP contribution in [0.15, 0.2) is 54.9 Å². The van der Waals surface area contributed by atoms with E-state index >= 15 is 0 Å². The molecule has 0 saturated carbocycles. The van der Waals surface area contributed by atoms with Crippen LogP contribution in [0.1, 0.15) is 48.4 Å². The zero-order valence-electron chi connectivity index (χ0n) is 16.5. The van der Waals surface area contributed by atoms with E-state index in [1.165, 1.54) is 12.4 Å². The highest BCUT2D eigenvalue weighted by Gasteiger charge is 2.27. The first-order chi connectivity index (χ1) is 14.5. The molecule has 0 bridgehead atoms. The van der Waals surface area contributed by atoms with Crippen molar-refractivity contribution in [3.8, 4) is 0 Å². The van der Waals surface area contributed by atoms with Gasteiger partial charge in [-0.15, -0.1) is 11.3 Å². The fraction of sp³-hybridized carbons (Fsp3) is 0.182. The standard InChI is InChI=1S/C22H20N2O5S/c1-3-28-21(26)17-14(2)18(22(27)29-13-15-7-5-4-6-8-15)30-20(17)24-19(25)16-9-11-23-12-10-16/h4-12H,3,13H2,1-2H3,(H,24,25). The summed E-state index contributed by atoms with van der Waals surface area (Å²) in [5.41, 5.74) is 1.77. The molecule has 0 unspecified atom stereocenters. The molecule has 0 radical (unpaired) electrons. The number of thiophene rings is 1. The third-order valence-corrected chi connectivity index (χ3v) is 5.38. The van der Waals surface area contributed by atoms with Gasteiger partial charge < -0.3 is 14.8 Å². The summed E-state index contributed by atoms with van der Waals surface area (Å²) in [6.07, 6.45) is 2.99. The topological polar surface area (TPSA) is 94.6 Å². The number of ether oxygens (including phenoxy) is 2. The minimum absolute atomic E-state index is 0.102. The number of hydrogen-bond acceptors (Lipinski definition) is 7. The van der Waals surface area contributed by atoms with E-state index in [9.17, 15) is 14.4 Å². The maximum absolute atomic E-state index is 12.7. The number of pyridine rings is 1. The first-order valence-electron chi connectivity index (χ1n) is 9.24. The Bertz CT molecular complexity index is 1050. The molecular formula is C22H20N2O5S. The van der Waals surface area contributed by atoms with Crippen molar-refractivity contribution in [3.63, 3.8) is 0 Å². The Kier molecular flexibility index (Phi) is 6.92. The zero-order valence-corrected chi connectivity index (χ0v) is 17.3. The highest BCUT2D eigenvalue weighted by molar-refractivity contribution is 7.18. The molecule has 1 N–H and O–H groups in total. The third kappa shape index (κ3) is 4.90. The lowest BCUT2D eigenvalue weighted by molar-refractivity contribution is 0.0477. The van der Waals surface area contributed by atoms with Crippen molar-refractivity contribution in [2.75, 3.05) is 11.9 Å². The van der Waals surface area contributed by atoms with Gasteiger partial charge in [0.25, 0.3) is 5.91 Å². The zero-order chi connectivity index (χ0) is 21.5. The Balaban J connectivity index is 1.86. The molecule has 0 aliphatic heterocycles. The number of benzene rings is 1. The lowest BCUT2D eigenvalue weighted by Gasteiger charge is -2.07. The highest BCUT2D eigenvalue weighted by atomic mass is 32.1. The molecule has 1 aromatic carbocycles. The number of hydrogen-bond donors (Lipinski definition) is 1. The van der Waals surface area contributed by atoms with Gasteiger partial charge in [0.2, 0.25) is 0 Å². The summed E-state index contributed by atoms with van der Waals surface area (Å²) >= 11 is 0.984. The Hall–Kier alpha value is -3.52. The Morgan fingerprint density at radius 2 is 1.70 bits per heavy atom. The van der Waals surface area contributed by atoms with Crippen LogP contribution in [0, 0.1) is 6.92 Å². The summed E-state index contributed by atoms with van der Waals surface area (Å²) in [5, 5.41) is 2.93. The van der Waals surface area contributed by atoms with Gasteiger partial charge in [-0.05, 0) is 37.1 Å². The molecule has 3 aromatic rings. The molecule has 0 aliphatic carbocycles. The van der Waals surface area contributed by atoms with Crippen molar-refractivity contribution in [2.24, 2.45) is 0 Å². The predicted molar refractivity (Wildman–Crippen MR) is 113 cm³/mol. The van der Waals surface area contributed by atoms with E-state index < -0.39 is 17.8 Å². The molecule has 0 fully saturated rings. The summed E-state index contributed by atoms with van der Waals surface area (Å²) in [5.74, 6) is -1.61. The number of amides is 1. The molecule has 0 saturated heterocycles. The molecule has 2 heterocycles. The van der Waals surface area contributed by atoms with Crippen molar-refractivity contribution in [1.82, 2.24) is 4.98 Å². The normalized spacial score (nSPS) is 10.3. The van der Waals surface area contributed by atoms with Crippen LogP contribution in [-0.4, -0.2) is 29.4 Å². The maximum Gasteiger partial charge on any atom is 0.349 e. The van der Waals surface area contributed by atoms with E-state index in [4.69, 9.17) is 9.47 Å². The Morgan fingerprint density at radius 1 is 1.00 bits per heavy atom. The van der Waals surface area contributed by atoms with Gasteiger partial charge in [0.1, 0.15) is 16.5 Å². The molecule has 0 spiro atoms. The van der Waals surface area contributed by atoms with Gasteiger partial charge in [0.05, 0.1) is 12.2 Å². The summed E-state index contributed by atoms with van der Waals surface area (Å²) in [6.45, 7) is 3.58. The molecule has 0 aliphatic rings. The fourth-order valence-corrected chi connectivity index (χ4v) is 3.80. The summed E-state index contributed by atoms with van der Waals surface area (Å²) < 4.78 is 10.5. The lowest BCUT2D eigenvalue weighted by atomic mass is 10.1. The average molecular weight is 424 g/mol. The van der Waals surface area contributed by atoms with Gasteiger partial charge >= 0.3 is 11.9 Å². The number of nitrogens with zero attached hydrogens (tertiary/aromatic N) is 1. The van der Waals surface area contributed by atoms with E-state index in [0.717, 1.165) is 16.9 Å². The Morgan fingerprint density at radius 3 is 2.37 bits per heavy atom. The number of rotatable bonds is 7. The monoisotopic (exact) mass is 424 g/mol. The van der Waals surface area contributed by atoms with Crippen molar-refractivity contribution in [3.05, 3.63) is 82.0 Å². The number of esters is 2. The van der Waals surface area contributed by atoms with E-state index in [2.05, 4.69) is 10.3 Å². The van der Waals surface area contributed by atoms with Crippen LogP contribution in [0.4, 0.5) is 5.00 Å². The molecule has 2 aromatic heterocycles. The number of nitrogens with one attached hydrogen (secondary N) is 1. The van der Waals surface area contributed by atoms with Crippen LogP contribution >= 0.6 is 11.3 Å². The lowest BCUT2D eigenvalue weighted by Crippen LogP contribution is -2.15. The molecule has 1 amide bonds. The van der Waals surface area contributed by atoms with Gasteiger partial charge in [-0.3, -0.25) is 9.78 Å². The molecule has 3 rings (SSSR count). The minimum Gasteiger partial charge on any atom is -0.462 e. The number of carbonyl (C=O) groups is 3. The summed E-state index contributed by atoms with van der Waals surface area (Å²) in [4.78, 5) is 41.8. The van der Waals surface area contributed by atoms with Gasteiger partial charge in [-0.1, -0.05) is 30.3 Å². The highest BCUT2D eigenvalue weighted by Crippen LogP contribution is 2.34. The molecule has 154 valence electrons. The second-order valence-electron chi connectivity index (χ2n) is 6.23. The van der Waals surface area contributed by atoms with E-state index in [-0.39, 0.29) is 28.7 Å². The molecule has 7 nitrogen and oxygen atoms in total. The van der Waals surface area contributed by atoms with Crippen molar-refractivity contribution >= 4 is 34.2 Å². The molecular weight excluding hydrogens is 404 g/mol. The quantitative estimate of drug-likeness (QED) is 0.570. The molecule has 8 heteroatoms. The maximum atomic E-state index is 12.7. The molecule has 0 atom stereocenters. The largest absolute Gasteiger partial charge is 0.462 e. The first kappa shape index (κ1) is 21.2. The van der Waals surface area contributed by atoms with Crippen molar-refractivity contribution in [2.45, 2.75) is 20.5 Å². The van der Waals surface area contributed by atoms with Gasteiger partial charge in [-0.25, -0.2) is 9.59 Å². The van der Waals surface area contributed by atoms with Crippen LogP contribution in [-0.2, 0) is 16.1 Å². The second-order valence-corrected chi connectivity index (χ2v) is 7.25. The van der Waals surface area contributed by atoms with E-state index in [0.29, 0.717) is 11.1 Å². The van der Waals surface area contributed by atoms with Crippen LogP contribution in [0.25, 0.3) is 0 Å². The van der Waals surface area contributed by atoms with Crippen LogP contribution in [0.2, 0.25) is 0 Å². The predicted octanol–water partition coefficient (Wildman–Crippen LogP) is 4.24. The van der Waals surface area contributed by atoms with Crippen LogP contribution in [0.5, 0.6) is 0 Å². The minimum atomic E-state index is -0.613. The smallest absolute Gasteiger partial charge is 0.349 e. The SMILES string of the molecule is CCOC(=O)c1c(NC(=O)c2ccncc2)sc(C(=O)OCc2ccccc2)c1C. The summed E-state index contributed by atoms with van der Waals surface area (Å²) in [6, 6.07) is 12.4. The van der Waals surface area contributed by atoms with E-state index in [1.807, 2.05) is 30.3 Å². The third-order valence-electron chi connectivity index (χ3n) is 4.19. The van der Waals surface area contributed by atoms with E-state index in [1.54, 1.807) is 26.0 Å². The summed E-state index contributed by atoms with van der Waals surface area (Å²) in [7, 11) is 0. The van der Waals surface area contributed by atoms with Crippen LogP contribution in [0.3, 0.4) is 0 Å². The van der Waals surface area contributed by atoms with Crippen molar-refractivity contribution < 1.29 is 23.9 Å².